The average molecular weight is 480 g/mol. The Morgan fingerprint density at radius 1 is 1.18 bits per heavy atom. The lowest BCUT2D eigenvalue weighted by atomic mass is 10.0. The Bertz CT molecular complexity index is 1420. The van der Waals surface area contributed by atoms with Crippen LogP contribution in [0.2, 0.25) is 0 Å². The van der Waals surface area contributed by atoms with Gasteiger partial charge < -0.3 is 9.72 Å². The molecule has 0 radical (unpaired) electrons. The van der Waals surface area contributed by atoms with Crippen molar-refractivity contribution >= 4 is 0 Å². The van der Waals surface area contributed by atoms with Crippen LogP contribution in [0, 0.1) is 32.1 Å². The van der Waals surface area contributed by atoms with Gasteiger partial charge in [0, 0.05) is 16.8 Å². The number of nitrogens with zero attached hydrogens (tertiary/aromatic N) is 3. The van der Waals surface area contributed by atoms with E-state index in [-0.39, 0.29) is 16.7 Å². The number of aromatic nitrogens is 3. The highest BCUT2D eigenvalue weighted by Gasteiger charge is 2.39. The first-order valence-electron chi connectivity index (χ1n) is 9.70. The molecule has 3 rings (SSSR count). The zero-order valence-corrected chi connectivity index (χ0v) is 18.1. The van der Waals surface area contributed by atoms with Crippen molar-refractivity contribution in [1.29, 1.82) is 5.26 Å². The third-order valence-corrected chi connectivity index (χ3v) is 5.08. The highest BCUT2D eigenvalue weighted by atomic mass is 19.4. The Kier molecular flexibility index (Phi) is 6.58. The standard InChI is InChI=1S/C22H17F5N4O3/c1-10-6-11(2)30-20(32)15(10)8-31-9-29-18(22(25,26)27)17(21(31)33)34-16-12(3)13(7-28)4-5-14(16)19(23)24/h4-6,9,19H,8H2,1-3H3,(H,30,32). The van der Waals surface area contributed by atoms with Crippen LogP contribution in [0.15, 0.2) is 34.1 Å². The highest BCUT2D eigenvalue weighted by Crippen LogP contribution is 2.39. The molecule has 0 bridgehead atoms. The molecule has 0 unspecified atom stereocenters. The first-order valence-corrected chi connectivity index (χ1v) is 9.70. The molecule has 178 valence electrons. The van der Waals surface area contributed by atoms with E-state index in [0.717, 1.165) is 12.1 Å². The molecule has 0 aliphatic carbocycles. The van der Waals surface area contributed by atoms with Crippen LogP contribution in [0.3, 0.4) is 0 Å². The van der Waals surface area contributed by atoms with Gasteiger partial charge in [-0.2, -0.15) is 18.4 Å². The topological polar surface area (TPSA) is 101 Å². The minimum atomic E-state index is -5.16. The molecule has 0 aliphatic rings. The number of nitriles is 1. The quantitative estimate of drug-likeness (QED) is 0.541. The molecular weight excluding hydrogens is 463 g/mol. The lowest BCUT2D eigenvalue weighted by Gasteiger charge is -2.18. The predicted molar refractivity (Wildman–Crippen MR) is 110 cm³/mol. The van der Waals surface area contributed by atoms with Crippen molar-refractivity contribution < 1.29 is 26.7 Å². The molecule has 0 aliphatic heterocycles. The summed E-state index contributed by atoms with van der Waals surface area (Å²) in [5.41, 5.74) is -3.61. The third kappa shape index (κ3) is 4.68. The number of rotatable bonds is 5. The SMILES string of the molecule is Cc1cc(C)c(Cn2cnc(C(F)(F)F)c(Oc3c(C(F)F)ccc(C#N)c3C)c2=O)c(=O)[nH]1. The van der Waals surface area contributed by atoms with Crippen molar-refractivity contribution in [1.82, 2.24) is 14.5 Å². The second-order valence-corrected chi connectivity index (χ2v) is 7.47. The number of hydrogen-bond acceptors (Lipinski definition) is 5. The van der Waals surface area contributed by atoms with Crippen LogP contribution in [0.4, 0.5) is 22.0 Å². The Morgan fingerprint density at radius 3 is 2.41 bits per heavy atom. The predicted octanol–water partition coefficient (Wildman–Crippen LogP) is 4.53. The molecule has 34 heavy (non-hydrogen) atoms. The molecule has 3 aromatic rings. The van der Waals surface area contributed by atoms with Crippen LogP contribution in [-0.2, 0) is 12.7 Å². The normalized spacial score (nSPS) is 11.5. The third-order valence-electron chi connectivity index (χ3n) is 5.08. The number of alkyl halides is 5. The summed E-state index contributed by atoms with van der Waals surface area (Å²) in [5, 5.41) is 9.17. The summed E-state index contributed by atoms with van der Waals surface area (Å²) in [4.78, 5) is 31.1. The number of aromatic amines is 1. The van der Waals surface area contributed by atoms with E-state index in [2.05, 4.69) is 9.97 Å². The van der Waals surface area contributed by atoms with Gasteiger partial charge in [-0.3, -0.25) is 14.2 Å². The van der Waals surface area contributed by atoms with Crippen molar-refractivity contribution in [3.05, 3.63) is 84.4 Å². The molecule has 0 amide bonds. The van der Waals surface area contributed by atoms with E-state index < -0.39 is 53.0 Å². The van der Waals surface area contributed by atoms with Gasteiger partial charge in [-0.1, -0.05) is 0 Å². The van der Waals surface area contributed by atoms with E-state index in [0.29, 0.717) is 22.2 Å². The molecule has 0 atom stereocenters. The molecule has 0 spiro atoms. The summed E-state index contributed by atoms with van der Waals surface area (Å²) in [6.45, 7) is 3.98. The summed E-state index contributed by atoms with van der Waals surface area (Å²) in [6, 6.07) is 5.25. The van der Waals surface area contributed by atoms with Crippen LogP contribution in [-0.4, -0.2) is 14.5 Å². The molecule has 12 heteroatoms. The lowest BCUT2D eigenvalue weighted by molar-refractivity contribution is -0.142. The van der Waals surface area contributed by atoms with Crippen LogP contribution < -0.4 is 15.9 Å². The number of benzene rings is 1. The van der Waals surface area contributed by atoms with Crippen molar-refractivity contribution in [3.8, 4) is 17.6 Å². The van der Waals surface area contributed by atoms with E-state index in [1.807, 2.05) is 0 Å². The van der Waals surface area contributed by atoms with Gasteiger partial charge >= 0.3 is 6.18 Å². The summed E-state index contributed by atoms with van der Waals surface area (Å²) in [7, 11) is 0. The van der Waals surface area contributed by atoms with Gasteiger partial charge in [0.05, 0.1) is 30.1 Å². The number of nitrogens with one attached hydrogen (secondary N) is 1. The Labute approximate surface area is 189 Å². The summed E-state index contributed by atoms with van der Waals surface area (Å²) < 4.78 is 73.8. The molecule has 0 fully saturated rings. The number of halogens is 5. The number of ether oxygens (including phenoxy) is 1. The smallest absolute Gasteiger partial charge is 0.437 e. The second kappa shape index (κ2) is 9.09. The average Bonchev–Trinajstić information content (AvgIpc) is 2.73. The van der Waals surface area contributed by atoms with E-state index in [4.69, 9.17) is 4.74 Å². The maximum Gasteiger partial charge on any atom is 0.437 e. The van der Waals surface area contributed by atoms with Crippen molar-refractivity contribution in [2.45, 2.75) is 39.9 Å². The minimum Gasteiger partial charge on any atom is -0.448 e. The van der Waals surface area contributed by atoms with E-state index in [1.54, 1.807) is 26.0 Å². The summed E-state index contributed by atoms with van der Waals surface area (Å²) >= 11 is 0. The lowest BCUT2D eigenvalue weighted by Crippen LogP contribution is -2.29. The van der Waals surface area contributed by atoms with E-state index >= 15 is 0 Å². The molecule has 1 N–H and O–H groups in total. The monoisotopic (exact) mass is 480 g/mol. The zero-order chi connectivity index (χ0) is 25.4. The number of H-pyrrole nitrogens is 1. The molecular formula is C22H17F5N4O3. The largest absolute Gasteiger partial charge is 0.448 e. The first-order chi connectivity index (χ1) is 15.8. The maximum atomic E-state index is 13.6. The van der Waals surface area contributed by atoms with Gasteiger partial charge in [-0.25, -0.2) is 13.8 Å². The summed E-state index contributed by atoms with van der Waals surface area (Å²) in [5.74, 6) is -2.10. The highest BCUT2D eigenvalue weighted by molar-refractivity contribution is 5.53. The molecule has 2 heterocycles. The van der Waals surface area contributed by atoms with Crippen LogP contribution in [0.1, 0.15) is 45.6 Å². The van der Waals surface area contributed by atoms with E-state index in [9.17, 15) is 36.8 Å². The molecule has 2 aromatic heterocycles. The molecule has 0 saturated heterocycles. The van der Waals surface area contributed by atoms with Gasteiger partial charge in [0.1, 0.15) is 5.75 Å². The van der Waals surface area contributed by atoms with Crippen LogP contribution in [0.25, 0.3) is 0 Å². The van der Waals surface area contributed by atoms with Crippen LogP contribution in [0.5, 0.6) is 11.5 Å². The fraction of sp³-hybridized carbons (Fsp3) is 0.273. The first kappa shape index (κ1) is 24.6. The van der Waals surface area contributed by atoms with Crippen LogP contribution >= 0.6 is 0 Å². The fourth-order valence-electron chi connectivity index (χ4n) is 3.37. The second-order valence-electron chi connectivity index (χ2n) is 7.47. The molecule has 1 aromatic carbocycles. The fourth-order valence-corrected chi connectivity index (χ4v) is 3.37. The molecule has 7 nitrogen and oxygen atoms in total. The van der Waals surface area contributed by atoms with Gasteiger partial charge in [0.15, 0.2) is 5.69 Å². The molecule has 0 saturated carbocycles. The van der Waals surface area contributed by atoms with Gasteiger partial charge in [-0.05, 0) is 44.5 Å². The summed E-state index contributed by atoms with van der Waals surface area (Å²) in [6.07, 6.45) is -7.72. The van der Waals surface area contributed by atoms with Crippen molar-refractivity contribution in [2.24, 2.45) is 0 Å². The Morgan fingerprint density at radius 2 is 1.85 bits per heavy atom. The maximum absolute atomic E-state index is 13.6. The van der Waals surface area contributed by atoms with Gasteiger partial charge in [-0.15, -0.1) is 0 Å². The van der Waals surface area contributed by atoms with Gasteiger partial charge in [0.25, 0.3) is 17.5 Å². The zero-order valence-electron chi connectivity index (χ0n) is 18.1. The van der Waals surface area contributed by atoms with E-state index in [1.165, 1.54) is 6.92 Å². The van der Waals surface area contributed by atoms with Crippen molar-refractivity contribution in [2.75, 3.05) is 0 Å². The Balaban J connectivity index is 2.23. The number of aryl methyl sites for hydroxylation is 2. The van der Waals surface area contributed by atoms with Crippen molar-refractivity contribution in [3.63, 3.8) is 0 Å². The van der Waals surface area contributed by atoms with Gasteiger partial charge in [0.2, 0.25) is 5.75 Å². The minimum absolute atomic E-state index is 0.0936. The number of pyridine rings is 1. The Hall–Kier alpha value is -4.01. The number of hydrogen-bond donors (Lipinski definition) is 1.